The highest BCUT2D eigenvalue weighted by atomic mass is 35.5. The second-order valence-electron chi connectivity index (χ2n) is 8.15. The van der Waals surface area contributed by atoms with Crippen LogP contribution in [0.2, 0.25) is 5.02 Å². The van der Waals surface area contributed by atoms with E-state index in [0.717, 1.165) is 18.3 Å². The summed E-state index contributed by atoms with van der Waals surface area (Å²) in [5.41, 5.74) is 2.13. The van der Waals surface area contributed by atoms with E-state index in [4.69, 9.17) is 23.2 Å². The topological polar surface area (TPSA) is 0 Å². The number of hydrogen-bond donors (Lipinski definition) is 0. The van der Waals surface area contributed by atoms with E-state index in [9.17, 15) is 8.78 Å². The van der Waals surface area contributed by atoms with Gasteiger partial charge in [-0.2, -0.15) is 0 Å². The first-order valence-corrected chi connectivity index (χ1v) is 10.8. The zero-order valence-electron chi connectivity index (χ0n) is 15.2. The number of aryl methyl sites for hydroxylation is 1. The summed E-state index contributed by atoms with van der Waals surface area (Å²) in [6.45, 7) is 0. The monoisotopic (exact) mass is 400 g/mol. The average molecular weight is 401 g/mol. The molecule has 0 spiro atoms. The normalized spacial score (nSPS) is 30.0. The van der Waals surface area contributed by atoms with Gasteiger partial charge in [0.05, 0.1) is 5.02 Å². The number of benzene rings is 1. The second-order valence-corrected chi connectivity index (χ2v) is 8.81. The number of hydrogen-bond acceptors (Lipinski definition) is 0. The maximum absolute atomic E-state index is 13.9. The highest BCUT2D eigenvalue weighted by Gasteiger charge is 2.30. The van der Waals surface area contributed by atoms with E-state index in [0.29, 0.717) is 23.8 Å². The van der Waals surface area contributed by atoms with E-state index in [-0.39, 0.29) is 5.02 Å². The Hall–Kier alpha value is -0.600. The maximum Gasteiger partial charge on any atom is 0.177 e. The molecular weight excluding hydrogens is 373 g/mol. The van der Waals surface area contributed by atoms with Crippen LogP contribution in [0.15, 0.2) is 23.7 Å². The molecule has 2 aliphatic carbocycles. The van der Waals surface area contributed by atoms with Crippen LogP contribution in [0.25, 0.3) is 0 Å². The number of rotatable bonds is 5. The standard InChI is InChI=1S/C22H28Cl2F2/c23-14-13-16-3-8-18(9-4-16)17-6-1-15(2-7-17)5-10-19-11-12-20(24)22(26)21(19)25/h11-18H,1-10H2/b14-13+. The first-order valence-electron chi connectivity index (χ1n) is 9.97. The number of halogens is 4. The summed E-state index contributed by atoms with van der Waals surface area (Å²) in [7, 11) is 0. The van der Waals surface area contributed by atoms with Crippen LogP contribution in [-0.2, 0) is 6.42 Å². The van der Waals surface area contributed by atoms with Crippen LogP contribution in [0.1, 0.15) is 63.4 Å². The van der Waals surface area contributed by atoms with Gasteiger partial charge in [-0.25, -0.2) is 8.78 Å². The van der Waals surface area contributed by atoms with Crippen LogP contribution in [0.4, 0.5) is 8.78 Å². The molecule has 144 valence electrons. The fourth-order valence-corrected chi connectivity index (χ4v) is 5.33. The lowest BCUT2D eigenvalue weighted by Gasteiger charge is -2.37. The predicted octanol–water partition coefficient (Wildman–Crippen LogP) is 7.92. The van der Waals surface area contributed by atoms with Gasteiger partial charge in [0.1, 0.15) is 0 Å². The smallest absolute Gasteiger partial charge is 0.177 e. The van der Waals surface area contributed by atoms with Gasteiger partial charge in [-0.15, -0.1) is 0 Å². The van der Waals surface area contributed by atoms with Crippen LogP contribution in [0.5, 0.6) is 0 Å². The highest BCUT2D eigenvalue weighted by molar-refractivity contribution is 6.30. The van der Waals surface area contributed by atoms with E-state index < -0.39 is 11.6 Å². The molecule has 0 bridgehead atoms. The molecule has 26 heavy (non-hydrogen) atoms. The predicted molar refractivity (Wildman–Crippen MR) is 106 cm³/mol. The minimum atomic E-state index is -0.910. The van der Waals surface area contributed by atoms with Gasteiger partial charge in [-0.05, 0) is 86.7 Å². The largest absolute Gasteiger partial charge is 0.203 e. The molecule has 0 unspecified atom stereocenters. The zero-order chi connectivity index (χ0) is 18.5. The van der Waals surface area contributed by atoms with Crippen molar-refractivity contribution in [3.8, 4) is 0 Å². The van der Waals surface area contributed by atoms with Crippen LogP contribution < -0.4 is 0 Å². The van der Waals surface area contributed by atoms with Gasteiger partial charge in [0.15, 0.2) is 11.6 Å². The van der Waals surface area contributed by atoms with Gasteiger partial charge >= 0.3 is 0 Å². The molecule has 1 aromatic rings. The number of allylic oxidation sites excluding steroid dienone is 1. The van der Waals surface area contributed by atoms with Crippen LogP contribution in [0.3, 0.4) is 0 Å². The molecule has 3 rings (SSSR count). The van der Waals surface area contributed by atoms with Crippen molar-refractivity contribution in [2.24, 2.45) is 23.7 Å². The van der Waals surface area contributed by atoms with Crippen LogP contribution in [0, 0.1) is 35.3 Å². The molecule has 2 fully saturated rings. The molecule has 0 amide bonds. The molecule has 0 aliphatic heterocycles. The van der Waals surface area contributed by atoms with Crippen molar-refractivity contribution in [1.29, 1.82) is 0 Å². The summed E-state index contributed by atoms with van der Waals surface area (Å²) in [6, 6.07) is 3.09. The van der Waals surface area contributed by atoms with Crippen molar-refractivity contribution in [1.82, 2.24) is 0 Å². The molecule has 0 heterocycles. The molecule has 4 heteroatoms. The quantitative estimate of drug-likeness (QED) is 0.440. The Morgan fingerprint density at radius 3 is 2.12 bits per heavy atom. The van der Waals surface area contributed by atoms with Gasteiger partial charge in [0, 0.05) is 5.54 Å². The molecule has 0 N–H and O–H groups in total. The van der Waals surface area contributed by atoms with E-state index in [1.165, 1.54) is 57.4 Å². The fraction of sp³-hybridized carbons (Fsp3) is 0.636. The van der Waals surface area contributed by atoms with Crippen LogP contribution in [-0.4, -0.2) is 0 Å². The van der Waals surface area contributed by atoms with E-state index >= 15 is 0 Å². The van der Waals surface area contributed by atoms with Crippen molar-refractivity contribution in [3.05, 3.63) is 46.0 Å². The van der Waals surface area contributed by atoms with Gasteiger partial charge in [0.2, 0.25) is 0 Å². The fourth-order valence-electron chi connectivity index (χ4n) is 4.98. The first-order chi connectivity index (χ1) is 12.6. The third kappa shape index (κ3) is 5.01. The Morgan fingerprint density at radius 1 is 0.885 bits per heavy atom. The van der Waals surface area contributed by atoms with Gasteiger partial charge in [-0.1, -0.05) is 48.2 Å². The zero-order valence-corrected chi connectivity index (χ0v) is 16.7. The molecule has 2 aliphatic rings. The van der Waals surface area contributed by atoms with E-state index in [1.807, 2.05) is 0 Å². The maximum atomic E-state index is 13.9. The Morgan fingerprint density at radius 2 is 1.50 bits per heavy atom. The van der Waals surface area contributed by atoms with E-state index in [2.05, 4.69) is 6.08 Å². The molecule has 2 saturated carbocycles. The Labute approximate surface area is 166 Å². The summed E-state index contributed by atoms with van der Waals surface area (Å²) >= 11 is 11.3. The van der Waals surface area contributed by atoms with Crippen molar-refractivity contribution in [2.75, 3.05) is 0 Å². The SMILES string of the molecule is Fc1c(Cl)ccc(CCC2CCC(C3CCC(/C=C/Cl)CC3)CC2)c1F. The van der Waals surface area contributed by atoms with Crippen LogP contribution >= 0.6 is 23.2 Å². The van der Waals surface area contributed by atoms with E-state index in [1.54, 1.807) is 11.6 Å². The summed E-state index contributed by atoms with van der Waals surface area (Å²) < 4.78 is 27.5. The lowest BCUT2D eigenvalue weighted by Crippen LogP contribution is -2.25. The van der Waals surface area contributed by atoms with Gasteiger partial charge < -0.3 is 0 Å². The van der Waals surface area contributed by atoms with Crippen molar-refractivity contribution >= 4 is 23.2 Å². The molecule has 0 atom stereocenters. The summed E-state index contributed by atoms with van der Waals surface area (Å²) in [6.07, 6.45) is 13.9. The second kappa shape index (κ2) is 9.55. The molecule has 0 aromatic heterocycles. The Balaban J connectivity index is 1.42. The summed E-state index contributed by atoms with van der Waals surface area (Å²) in [5, 5.41) is -0.136. The van der Waals surface area contributed by atoms with Crippen molar-refractivity contribution in [3.63, 3.8) is 0 Å². The third-order valence-corrected chi connectivity index (χ3v) is 7.09. The lowest BCUT2D eigenvalue weighted by atomic mass is 9.68. The minimum Gasteiger partial charge on any atom is -0.203 e. The molecule has 1 aromatic carbocycles. The molecular formula is C22H28Cl2F2. The molecule has 0 radical (unpaired) electrons. The minimum absolute atomic E-state index is 0.136. The molecule has 0 saturated heterocycles. The highest BCUT2D eigenvalue weighted by Crippen LogP contribution is 2.42. The van der Waals surface area contributed by atoms with Crippen molar-refractivity contribution < 1.29 is 8.78 Å². The van der Waals surface area contributed by atoms with Crippen molar-refractivity contribution in [2.45, 2.75) is 64.2 Å². The summed E-state index contributed by atoms with van der Waals surface area (Å²) in [4.78, 5) is 0. The third-order valence-electron chi connectivity index (χ3n) is 6.66. The Kier molecular flexibility index (Phi) is 7.40. The lowest BCUT2D eigenvalue weighted by molar-refractivity contribution is 0.152. The molecule has 0 nitrogen and oxygen atoms in total. The Bertz CT molecular complexity index is 613. The average Bonchev–Trinajstić information content (AvgIpc) is 2.67. The van der Waals surface area contributed by atoms with Gasteiger partial charge in [0.25, 0.3) is 0 Å². The first kappa shape index (κ1) is 20.1. The van der Waals surface area contributed by atoms with Gasteiger partial charge in [-0.3, -0.25) is 0 Å². The summed E-state index contributed by atoms with van der Waals surface area (Å²) in [5.74, 6) is 1.37.